The van der Waals surface area contributed by atoms with Crippen LogP contribution in [0.25, 0.3) is 12.2 Å². The van der Waals surface area contributed by atoms with Crippen LogP contribution >= 0.6 is 0 Å². The van der Waals surface area contributed by atoms with E-state index in [0.717, 1.165) is 22.3 Å². The van der Waals surface area contributed by atoms with E-state index in [1.54, 1.807) is 12.1 Å². The summed E-state index contributed by atoms with van der Waals surface area (Å²) in [4.78, 5) is 13.0. The van der Waals surface area contributed by atoms with Crippen molar-refractivity contribution in [1.82, 2.24) is 0 Å². The number of benzene rings is 2. The van der Waals surface area contributed by atoms with Crippen molar-refractivity contribution in [2.75, 3.05) is 0 Å². The zero-order chi connectivity index (χ0) is 20.1. The van der Waals surface area contributed by atoms with Crippen molar-refractivity contribution >= 4 is 23.8 Å². The minimum atomic E-state index is -0.0621. The molecule has 138 valence electrons. The van der Waals surface area contributed by atoms with Crippen LogP contribution in [0.1, 0.15) is 22.3 Å². The van der Waals surface area contributed by atoms with Crippen LogP contribution in [0.4, 0.5) is 0 Å². The van der Waals surface area contributed by atoms with Crippen LogP contribution in [0.15, 0.2) is 77.6 Å². The molecule has 28 heavy (non-hydrogen) atoms. The molecule has 5 heteroatoms. The molecule has 0 saturated carbocycles. The second-order valence-corrected chi connectivity index (χ2v) is 6.40. The lowest BCUT2D eigenvalue weighted by Crippen LogP contribution is -2.46. The molecule has 3 aromatic carbocycles. The van der Waals surface area contributed by atoms with Gasteiger partial charge in [0, 0.05) is 10.4 Å². The molecule has 0 atom stereocenters. The first kappa shape index (κ1) is 18.8. The summed E-state index contributed by atoms with van der Waals surface area (Å²) < 4.78 is 0. The van der Waals surface area contributed by atoms with Gasteiger partial charge in [-0.3, -0.25) is 27.1 Å². The molecule has 8 N–H and O–H groups in total. The van der Waals surface area contributed by atoms with Crippen molar-refractivity contribution < 1.29 is 10.8 Å². The van der Waals surface area contributed by atoms with Gasteiger partial charge >= 0.3 is 0 Å². The van der Waals surface area contributed by atoms with Crippen LogP contribution in [0.2, 0.25) is 0 Å². The Balaban J connectivity index is 2.08. The Bertz CT molecular complexity index is 1120. The third-order valence-corrected chi connectivity index (χ3v) is 4.32. The lowest BCUT2D eigenvalue weighted by atomic mass is 10.1. The molecule has 0 aliphatic carbocycles. The highest BCUT2D eigenvalue weighted by atomic mass is 16.1. The van der Waals surface area contributed by atoms with E-state index in [-0.39, 0.29) is 17.1 Å². The highest BCUT2D eigenvalue weighted by Crippen LogP contribution is 2.04. The molecule has 3 aromatic rings. The van der Waals surface area contributed by atoms with E-state index in [1.165, 1.54) is 0 Å². The molecule has 5 nitrogen and oxygen atoms in total. The topological polar surface area (TPSA) is 120 Å². The number of hydrogen-bond acceptors (Lipinski definition) is 1. The van der Waals surface area contributed by atoms with E-state index in [2.05, 4.69) is 0 Å². The zero-order valence-electron chi connectivity index (χ0n) is 15.3. The smallest absolute Gasteiger partial charge is 0.270 e. The van der Waals surface area contributed by atoms with Gasteiger partial charge in [0.05, 0.1) is 11.1 Å². The summed E-state index contributed by atoms with van der Waals surface area (Å²) in [7, 11) is 0. The maximum absolute atomic E-state index is 13.0. The molecule has 0 radical (unpaired) electrons. The lowest BCUT2D eigenvalue weighted by Gasteiger charge is -1.96. The van der Waals surface area contributed by atoms with Gasteiger partial charge < -0.3 is 0 Å². The van der Waals surface area contributed by atoms with E-state index in [9.17, 15) is 4.79 Å². The number of hydrogen-bond donors (Lipinski definition) is 4. The molecule has 0 aromatic heterocycles. The SMILES string of the molecule is NC(=[NH2+])c1ccc(/C=c2/cccc/c(=C\c3ccc(C(N)=[NH2+])cc3)c2=O)cc1. The van der Waals surface area contributed by atoms with E-state index in [4.69, 9.17) is 22.3 Å². The molecule has 0 fully saturated rings. The van der Waals surface area contributed by atoms with Crippen molar-refractivity contribution in [3.05, 3.63) is 116 Å². The summed E-state index contributed by atoms with van der Waals surface area (Å²) in [5, 5.41) is 12.4. The average Bonchev–Trinajstić information content (AvgIpc) is 2.85. The summed E-state index contributed by atoms with van der Waals surface area (Å²) in [6.07, 6.45) is 3.67. The third kappa shape index (κ3) is 4.40. The van der Waals surface area contributed by atoms with E-state index in [0.29, 0.717) is 10.4 Å². The highest BCUT2D eigenvalue weighted by molar-refractivity contribution is 5.93. The Morgan fingerprint density at radius 3 is 1.32 bits per heavy atom. The normalized spacial score (nSPS) is 12.0. The minimum Gasteiger partial charge on any atom is -0.289 e. The maximum atomic E-state index is 13.0. The first-order chi connectivity index (χ1) is 13.4. The molecule has 0 heterocycles. The predicted molar refractivity (Wildman–Crippen MR) is 112 cm³/mol. The summed E-state index contributed by atoms with van der Waals surface area (Å²) in [5.74, 6) is 0.526. The predicted octanol–water partition coefficient (Wildman–Crippen LogP) is -2.37. The molecule has 0 aliphatic heterocycles. The average molecular weight is 370 g/mol. The van der Waals surface area contributed by atoms with Gasteiger partial charge in [-0.1, -0.05) is 48.5 Å². The van der Waals surface area contributed by atoms with Crippen LogP contribution in [0, 0.1) is 0 Å². The standard InChI is InChI=1S/C23H20N4O/c24-22(25)17-9-5-15(6-10-17)13-19-3-1-2-4-20(21(19)28)14-16-7-11-18(12-8-16)23(26)27/h1-14H,(H3,24,25)(H3,26,27)/p+2/b19-13-,20-14+. The fraction of sp³-hybridized carbons (Fsp3) is 0. The maximum Gasteiger partial charge on any atom is 0.270 e. The summed E-state index contributed by atoms with van der Waals surface area (Å²) in [6.45, 7) is 0. The summed E-state index contributed by atoms with van der Waals surface area (Å²) in [6, 6.07) is 22.1. The van der Waals surface area contributed by atoms with Gasteiger partial charge in [-0.25, -0.2) is 0 Å². The Hall–Kier alpha value is -3.99. The molecule has 3 rings (SSSR count). The molecule has 0 saturated heterocycles. The first-order valence-corrected chi connectivity index (χ1v) is 8.73. The minimum absolute atomic E-state index is 0.0621. The van der Waals surface area contributed by atoms with Gasteiger partial charge in [-0.2, -0.15) is 0 Å². The van der Waals surface area contributed by atoms with E-state index >= 15 is 0 Å². The quantitative estimate of drug-likeness (QED) is 0.304. The fourth-order valence-corrected chi connectivity index (χ4v) is 2.77. The number of rotatable bonds is 4. The highest BCUT2D eigenvalue weighted by Gasteiger charge is 2.01. The lowest BCUT2D eigenvalue weighted by molar-refractivity contribution is -0.115. The van der Waals surface area contributed by atoms with Gasteiger partial charge in [0.25, 0.3) is 11.7 Å². The van der Waals surface area contributed by atoms with Gasteiger partial charge in [-0.05, 0) is 47.5 Å². The molecule has 0 bridgehead atoms. The van der Waals surface area contributed by atoms with E-state index in [1.807, 2.05) is 72.8 Å². The van der Waals surface area contributed by atoms with Crippen molar-refractivity contribution in [3.8, 4) is 0 Å². The van der Waals surface area contributed by atoms with Crippen LogP contribution in [0.3, 0.4) is 0 Å². The van der Waals surface area contributed by atoms with E-state index < -0.39 is 0 Å². The Morgan fingerprint density at radius 2 is 1.00 bits per heavy atom. The van der Waals surface area contributed by atoms with Gasteiger partial charge in [0.2, 0.25) is 0 Å². The second-order valence-electron chi connectivity index (χ2n) is 6.40. The first-order valence-electron chi connectivity index (χ1n) is 8.73. The van der Waals surface area contributed by atoms with Crippen LogP contribution in [0.5, 0.6) is 0 Å². The van der Waals surface area contributed by atoms with Crippen molar-refractivity contribution in [2.24, 2.45) is 11.5 Å². The molecule has 0 amide bonds. The molecular weight excluding hydrogens is 348 g/mol. The van der Waals surface area contributed by atoms with Crippen molar-refractivity contribution in [3.63, 3.8) is 0 Å². The molecule has 0 aliphatic rings. The monoisotopic (exact) mass is 370 g/mol. The molecule has 0 spiro atoms. The Kier molecular flexibility index (Phi) is 5.46. The second kappa shape index (κ2) is 8.14. The third-order valence-electron chi connectivity index (χ3n) is 4.32. The zero-order valence-corrected chi connectivity index (χ0v) is 15.3. The summed E-state index contributed by atoms with van der Waals surface area (Å²) in [5.41, 5.74) is 14.4. The number of nitrogens with two attached hydrogens (primary N) is 4. The van der Waals surface area contributed by atoms with Crippen LogP contribution < -0.4 is 38.2 Å². The van der Waals surface area contributed by atoms with Crippen molar-refractivity contribution in [1.29, 1.82) is 0 Å². The number of amidine groups is 2. The molecular formula is C23H22N4O+2. The van der Waals surface area contributed by atoms with Gasteiger partial charge in [0.15, 0.2) is 5.43 Å². The Labute approximate surface area is 162 Å². The largest absolute Gasteiger partial charge is 0.289 e. The van der Waals surface area contributed by atoms with Gasteiger partial charge in [0.1, 0.15) is 0 Å². The molecule has 0 unspecified atom stereocenters. The van der Waals surface area contributed by atoms with Crippen LogP contribution in [-0.2, 0) is 0 Å². The fourth-order valence-electron chi connectivity index (χ4n) is 2.77. The summed E-state index contributed by atoms with van der Waals surface area (Å²) >= 11 is 0. The van der Waals surface area contributed by atoms with Crippen LogP contribution in [-0.4, -0.2) is 11.7 Å². The van der Waals surface area contributed by atoms with Crippen molar-refractivity contribution in [2.45, 2.75) is 0 Å². The van der Waals surface area contributed by atoms with Gasteiger partial charge in [-0.15, -0.1) is 0 Å². The Morgan fingerprint density at radius 1 is 0.643 bits per heavy atom.